The van der Waals surface area contributed by atoms with E-state index in [0.717, 1.165) is 23.0 Å². The fraction of sp³-hybridized carbons (Fsp3) is 0.300. The fourth-order valence-electron chi connectivity index (χ4n) is 4.39. The lowest BCUT2D eigenvalue weighted by Gasteiger charge is -2.49. The van der Waals surface area contributed by atoms with Gasteiger partial charge >= 0.3 is 0 Å². The number of aromatic nitrogens is 2. The highest BCUT2D eigenvalue weighted by molar-refractivity contribution is 5.91. The Morgan fingerprint density at radius 1 is 1.04 bits per heavy atom. The third-order valence-electron chi connectivity index (χ3n) is 5.63. The van der Waals surface area contributed by atoms with E-state index in [1.54, 1.807) is 11.1 Å². The molecule has 1 N–H and O–H groups in total. The minimum absolute atomic E-state index is 0.541. The van der Waals surface area contributed by atoms with Crippen LogP contribution in [0.3, 0.4) is 0 Å². The second kappa shape index (κ2) is 5.05. The van der Waals surface area contributed by atoms with Gasteiger partial charge in [-0.2, -0.15) is 0 Å². The molecule has 2 aliphatic rings. The second-order valence-electron chi connectivity index (χ2n) is 6.75. The summed E-state index contributed by atoms with van der Waals surface area (Å²) in [6, 6.07) is 13.6. The lowest BCUT2D eigenvalue weighted by molar-refractivity contribution is 0.194. The number of fused-ring (bicyclic) bond motifs is 4. The van der Waals surface area contributed by atoms with Crippen molar-refractivity contribution in [3.8, 4) is 0 Å². The minimum atomic E-state index is 0.541. The van der Waals surface area contributed by atoms with Crippen molar-refractivity contribution in [1.82, 2.24) is 9.97 Å². The molecule has 5 rings (SSSR count). The van der Waals surface area contributed by atoms with Gasteiger partial charge in [-0.1, -0.05) is 24.3 Å². The van der Waals surface area contributed by atoms with Crippen molar-refractivity contribution in [3.05, 3.63) is 66.1 Å². The van der Waals surface area contributed by atoms with E-state index in [9.17, 15) is 0 Å². The van der Waals surface area contributed by atoms with Crippen molar-refractivity contribution >= 4 is 16.6 Å². The highest BCUT2D eigenvalue weighted by Crippen LogP contribution is 2.50. The van der Waals surface area contributed by atoms with Gasteiger partial charge in [0.2, 0.25) is 0 Å². The second-order valence-corrected chi connectivity index (χ2v) is 6.75. The standard InChI is InChI=1S/C20H19N3/c1-2-4-15-13(3-1)5-6-17-18(15)11-19(17)23-20-16-8-9-21-12-14(16)7-10-22-20/h1-4,7-10,12,17-19H,5-6,11H2,(H,22,23). The molecule has 2 aliphatic carbocycles. The first-order valence-corrected chi connectivity index (χ1v) is 8.43. The number of nitrogens with zero attached hydrogens (tertiary/aromatic N) is 2. The van der Waals surface area contributed by atoms with E-state index in [1.165, 1.54) is 24.6 Å². The molecule has 3 aromatic rings. The van der Waals surface area contributed by atoms with Gasteiger partial charge in [0.1, 0.15) is 5.82 Å². The van der Waals surface area contributed by atoms with Crippen LogP contribution in [0.4, 0.5) is 5.82 Å². The fourth-order valence-corrected chi connectivity index (χ4v) is 4.39. The first-order chi connectivity index (χ1) is 11.4. The van der Waals surface area contributed by atoms with Crippen LogP contribution in [0.5, 0.6) is 0 Å². The number of anilines is 1. The highest BCUT2D eigenvalue weighted by atomic mass is 15.0. The van der Waals surface area contributed by atoms with E-state index >= 15 is 0 Å². The average Bonchev–Trinajstić information content (AvgIpc) is 2.59. The summed E-state index contributed by atoms with van der Waals surface area (Å²) >= 11 is 0. The molecule has 3 nitrogen and oxygen atoms in total. The molecule has 114 valence electrons. The lowest BCUT2D eigenvalue weighted by atomic mass is 9.60. The van der Waals surface area contributed by atoms with Gasteiger partial charge in [-0.05, 0) is 54.4 Å². The van der Waals surface area contributed by atoms with Crippen molar-refractivity contribution < 1.29 is 0 Å². The summed E-state index contributed by atoms with van der Waals surface area (Å²) in [6.07, 6.45) is 9.33. The molecular formula is C20H19N3. The molecule has 3 unspecified atom stereocenters. The first-order valence-electron chi connectivity index (χ1n) is 8.43. The van der Waals surface area contributed by atoms with Crippen LogP contribution in [0.15, 0.2) is 55.0 Å². The Morgan fingerprint density at radius 2 is 2.00 bits per heavy atom. The molecule has 3 atom stereocenters. The van der Waals surface area contributed by atoms with Gasteiger partial charge < -0.3 is 5.32 Å². The first kappa shape index (κ1) is 13.1. The summed E-state index contributed by atoms with van der Waals surface area (Å²) in [7, 11) is 0. The Balaban J connectivity index is 1.41. The number of nitrogens with one attached hydrogen (secondary N) is 1. The predicted octanol–water partition coefficient (Wildman–Crippen LogP) is 4.16. The topological polar surface area (TPSA) is 37.8 Å². The molecule has 1 fully saturated rings. The quantitative estimate of drug-likeness (QED) is 0.772. The largest absolute Gasteiger partial charge is 0.367 e. The number of hydrogen-bond donors (Lipinski definition) is 1. The summed E-state index contributed by atoms with van der Waals surface area (Å²) < 4.78 is 0. The van der Waals surface area contributed by atoms with Crippen molar-refractivity contribution in [3.63, 3.8) is 0 Å². The normalized spacial score (nSPS) is 25.3. The van der Waals surface area contributed by atoms with Crippen molar-refractivity contribution in [2.75, 3.05) is 5.32 Å². The molecule has 1 saturated carbocycles. The average molecular weight is 301 g/mol. The summed E-state index contributed by atoms with van der Waals surface area (Å²) in [5, 5.41) is 6.03. The van der Waals surface area contributed by atoms with Gasteiger partial charge in [0, 0.05) is 35.4 Å². The lowest BCUT2D eigenvalue weighted by Crippen LogP contribution is -2.47. The summed E-state index contributed by atoms with van der Waals surface area (Å²) in [6.45, 7) is 0. The molecule has 0 aliphatic heterocycles. The third kappa shape index (κ3) is 2.03. The maximum atomic E-state index is 4.57. The molecule has 23 heavy (non-hydrogen) atoms. The van der Waals surface area contributed by atoms with Crippen molar-refractivity contribution in [2.45, 2.75) is 31.2 Å². The van der Waals surface area contributed by atoms with E-state index in [4.69, 9.17) is 0 Å². The predicted molar refractivity (Wildman–Crippen MR) is 92.6 cm³/mol. The Kier molecular flexibility index (Phi) is 2.87. The zero-order valence-corrected chi connectivity index (χ0v) is 12.9. The molecule has 0 radical (unpaired) electrons. The summed E-state index contributed by atoms with van der Waals surface area (Å²) in [5.41, 5.74) is 3.14. The molecule has 1 aromatic carbocycles. The van der Waals surface area contributed by atoms with Crippen LogP contribution in [0.25, 0.3) is 10.8 Å². The van der Waals surface area contributed by atoms with Crippen LogP contribution in [0, 0.1) is 5.92 Å². The van der Waals surface area contributed by atoms with Crippen molar-refractivity contribution in [1.29, 1.82) is 0 Å². The molecule has 2 aromatic heterocycles. The van der Waals surface area contributed by atoms with E-state index in [2.05, 4.69) is 45.6 Å². The molecule has 3 heteroatoms. The van der Waals surface area contributed by atoms with Crippen molar-refractivity contribution in [2.24, 2.45) is 5.92 Å². The van der Waals surface area contributed by atoms with Crippen LogP contribution in [0.1, 0.15) is 29.9 Å². The number of hydrogen-bond acceptors (Lipinski definition) is 3. The van der Waals surface area contributed by atoms with E-state index in [1.807, 2.05) is 24.7 Å². The summed E-state index contributed by atoms with van der Waals surface area (Å²) in [5.74, 6) is 2.48. The molecular weight excluding hydrogens is 282 g/mol. The SMILES string of the molecule is c1ccc2c(c1)CCC1C(Nc3nccc4cnccc34)CC21. The smallest absolute Gasteiger partial charge is 0.134 e. The zero-order valence-electron chi connectivity index (χ0n) is 12.9. The Bertz CT molecular complexity index is 868. The van der Waals surface area contributed by atoms with Gasteiger partial charge in [0.05, 0.1) is 0 Å². The van der Waals surface area contributed by atoms with Gasteiger partial charge in [-0.15, -0.1) is 0 Å². The van der Waals surface area contributed by atoms with Crippen LogP contribution >= 0.6 is 0 Å². The van der Waals surface area contributed by atoms with Gasteiger partial charge in [-0.3, -0.25) is 4.98 Å². The van der Waals surface area contributed by atoms with Crippen LogP contribution in [-0.2, 0) is 6.42 Å². The summed E-state index contributed by atoms with van der Waals surface area (Å²) in [4.78, 5) is 8.77. The van der Waals surface area contributed by atoms with E-state index < -0.39 is 0 Å². The molecule has 0 spiro atoms. The number of benzene rings is 1. The molecule has 0 bridgehead atoms. The van der Waals surface area contributed by atoms with Gasteiger partial charge in [0.15, 0.2) is 0 Å². The number of pyridine rings is 2. The van der Waals surface area contributed by atoms with Crippen LogP contribution in [-0.4, -0.2) is 16.0 Å². The number of aryl methyl sites for hydroxylation is 1. The van der Waals surface area contributed by atoms with Gasteiger partial charge in [-0.25, -0.2) is 4.98 Å². The van der Waals surface area contributed by atoms with Crippen LogP contribution in [0.2, 0.25) is 0 Å². The van der Waals surface area contributed by atoms with Crippen LogP contribution < -0.4 is 5.32 Å². The highest BCUT2D eigenvalue weighted by Gasteiger charge is 2.44. The Morgan fingerprint density at radius 3 is 3.00 bits per heavy atom. The molecule has 2 heterocycles. The maximum absolute atomic E-state index is 4.57. The third-order valence-corrected chi connectivity index (χ3v) is 5.63. The van der Waals surface area contributed by atoms with E-state index in [0.29, 0.717) is 6.04 Å². The minimum Gasteiger partial charge on any atom is -0.367 e. The molecule has 0 saturated heterocycles. The number of rotatable bonds is 2. The van der Waals surface area contributed by atoms with E-state index in [-0.39, 0.29) is 0 Å². The monoisotopic (exact) mass is 301 g/mol. The zero-order chi connectivity index (χ0) is 15.2. The Hall–Kier alpha value is -2.42. The van der Waals surface area contributed by atoms with Gasteiger partial charge in [0.25, 0.3) is 0 Å². The maximum Gasteiger partial charge on any atom is 0.134 e. The molecule has 0 amide bonds. The Labute approximate surface area is 135 Å².